The van der Waals surface area contributed by atoms with Crippen LogP contribution in [0.25, 0.3) is 0 Å². The van der Waals surface area contributed by atoms with Crippen molar-refractivity contribution in [2.75, 3.05) is 0 Å². The summed E-state index contributed by atoms with van der Waals surface area (Å²) in [5.74, 6) is 0. The SMILES string of the molecule is Cc1ccc(/C=N\N2C(=S)SC(C)(C)[C@H]2N(O)C(=O)NC2CCCCC2)cc1. The van der Waals surface area contributed by atoms with Crippen LogP contribution in [0.15, 0.2) is 29.4 Å². The minimum absolute atomic E-state index is 0.115. The number of nitrogens with zero attached hydrogens (tertiary/aromatic N) is 3. The van der Waals surface area contributed by atoms with Crippen LogP contribution < -0.4 is 5.32 Å². The van der Waals surface area contributed by atoms with Crippen LogP contribution in [-0.4, -0.2) is 48.8 Å². The summed E-state index contributed by atoms with van der Waals surface area (Å²) in [7, 11) is 0. The van der Waals surface area contributed by atoms with Crippen LogP contribution in [0.2, 0.25) is 0 Å². The Kier molecular flexibility index (Phi) is 6.62. The number of nitrogens with one attached hydrogen (secondary N) is 1. The van der Waals surface area contributed by atoms with Gasteiger partial charge in [0.05, 0.1) is 11.0 Å². The molecule has 1 heterocycles. The van der Waals surface area contributed by atoms with E-state index in [9.17, 15) is 10.0 Å². The van der Waals surface area contributed by atoms with Gasteiger partial charge in [-0.2, -0.15) is 10.2 Å². The Morgan fingerprint density at radius 2 is 1.96 bits per heavy atom. The number of hydrazone groups is 1. The van der Waals surface area contributed by atoms with Crippen LogP contribution in [0.5, 0.6) is 0 Å². The Balaban J connectivity index is 1.75. The molecule has 28 heavy (non-hydrogen) atoms. The number of rotatable bonds is 4. The van der Waals surface area contributed by atoms with E-state index in [2.05, 4.69) is 10.4 Å². The molecule has 0 spiro atoms. The van der Waals surface area contributed by atoms with Crippen LogP contribution in [0.3, 0.4) is 0 Å². The maximum absolute atomic E-state index is 12.7. The lowest BCUT2D eigenvalue weighted by Gasteiger charge is -2.35. The normalized spacial score (nSPS) is 22.6. The van der Waals surface area contributed by atoms with E-state index in [4.69, 9.17) is 12.2 Å². The van der Waals surface area contributed by atoms with Gasteiger partial charge >= 0.3 is 6.03 Å². The summed E-state index contributed by atoms with van der Waals surface area (Å²) in [6.45, 7) is 5.93. The van der Waals surface area contributed by atoms with E-state index in [-0.39, 0.29) is 6.04 Å². The first kappa shape index (κ1) is 21.1. The maximum atomic E-state index is 12.7. The van der Waals surface area contributed by atoms with E-state index in [1.165, 1.54) is 23.7 Å². The number of thioether (sulfide) groups is 1. The first-order valence-electron chi connectivity index (χ1n) is 9.69. The third-order valence-corrected chi connectivity index (χ3v) is 6.71. The maximum Gasteiger partial charge on any atom is 0.343 e. The van der Waals surface area contributed by atoms with Gasteiger partial charge in [0.25, 0.3) is 0 Å². The summed E-state index contributed by atoms with van der Waals surface area (Å²) >= 11 is 6.91. The van der Waals surface area contributed by atoms with Crippen molar-refractivity contribution < 1.29 is 10.0 Å². The van der Waals surface area contributed by atoms with Crippen LogP contribution in [0.4, 0.5) is 4.79 Å². The molecule has 6 nitrogen and oxygen atoms in total. The number of hydrogen-bond acceptors (Lipinski definition) is 5. The first-order chi connectivity index (χ1) is 13.3. The van der Waals surface area contributed by atoms with Gasteiger partial charge in [-0.25, -0.2) is 9.80 Å². The van der Waals surface area contributed by atoms with Gasteiger partial charge in [-0.05, 0) is 39.2 Å². The highest BCUT2D eigenvalue weighted by atomic mass is 32.2. The number of hydroxylamine groups is 2. The molecule has 1 saturated heterocycles. The van der Waals surface area contributed by atoms with E-state index in [0.29, 0.717) is 4.32 Å². The second kappa shape index (κ2) is 8.80. The molecule has 8 heteroatoms. The molecule has 1 aliphatic heterocycles. The van der Waals surface area contributed by atoms with Gasteiger partial charge in [-0.15, -0.1) is 0 Å². The third-order valence-electron chi connectivity index (χ3n) is 5.17. The standard InChI is InChI=1S/C20H28N4O2S2/c1-14-9-11-15(12-10-14)13-21-23-17(20(2,3)28-19(23)27)24(26)18(25)22-16-7-5-4-6-8-16/h9-13,16-17,26H,4-8H2,1-3H3,(H,22,25)/b21-13-/t17-/m1/s1. The van der Waals surface area contributed by atoms with E-state index >= 15 is 0 Å². The van der Waals surface area contributed by atoms with E-state index in [1.807, 2.05) is 45.0 Å². The number of thiocarbonyl (C=S) groups is 1. The van der Waals surface area contributed by atoms with Gasteiger partial charge < -0.3 is 5.32 Å². The second-order valence-corrected chi connectivity index (χ2v) is 10.3. The molecule has 0 unspecified atom stereocenters. The Labute approximate surface area is 176 Å². The Morgan fingerprint density at radius 1 is 1.32 bits per heavy atom. The molecule has 1 aromatic rings. The van der Waals surface area contributed by atoms with Gasteiger partial charge in [-0.3, -0.25) is 5.21 Å². The zero-order valence-corrected chi connectivity index (χ0v) is 18.2. The van der Waals surface area contributed by atoms with E-state index in [0.717, 1.165) is 36.3 Å². The van der Waals surface area contributed by atoms with Crippen molar-refractivity contribution in [3.8, 4) is 0 Å². The Bertz CT molecular complexity index is 745. The predicted molar refractivity (Wildman–Crippen MR) is 118 cm³/mol. The lowest BCUT2D eigenvalue weighted by atomic mass is 9.96. The number of benzene rings is 1. The molecule has 1 aliphatic carbocycles. The molecule has 0 radical (unpaired) electrons. The minimum atomic E-state index is -0.685. The fourth-order valence-corrected chi connectivity index (χ4v) is 5.39. The molecule has 3 rings (SSSR count). The average molecular weight is 421 g/mol. The number of amides is 2. The minimum Gasteiger partial charge on any atom is -0.333 e. The quantitative estimate of drug-likeness (QED) is 0.325. The van der Waals surface area contributed by atoms with Crippen molar-refractivity contribution in [3.63, 3.8) is 0 Å². The Morgan fingerprint density at radius 3 is 2.61 bits per heavy atom. The van der Waals surface area contributed by atoms with Gasteiger partial charge in [0.2, 0.25) is 0 Å². The summed E-state index contributed by atoms with van der Waals surface area (Å²) in [6.07, 6.45) is 6.35. The molecule has 1 aromatic carbocycles. The molecule has 0 aromatic heterocycles. The molecular weight excluding hydrogens is 392 g/mol. The number of carbonyl (C=O) groups excluding carboxylic acids is 1. The van der Waals surface area contributed by atoms with E-state index < -0.39 is 16.9 Å². The lowest BCUT2D eigenvalue weighted by molar-refractivity contribution is -0.119. The van der Waals surface area contributed by atoms with Crippen molar-refractivity contribution in [1.82, 2.24) is 15.4 Å². The first-order valence-corrected chi connectivity index (χ1v) is 10.9. The van der Waals surface area contributed by atoms with Crippen molar-refractivity contribution in [3.05, 3.63) is 35.4 Å². The van der Waals surface area contributed by atoms with E-state index in [1.54, 1.807) is 11.2 Å². The molecule has 152 valence electrons. The van der Waals surface area contributed by atoms with Crippen molar-refractivity contribution in [2.24, 2.45) is 5.10 Å². The van der Waals surface area contributed by atoms with Crippen molar-refractivity contribution in [2.45, 2.75) is 69.8 Å². The fraction of sp³-hybridized carbons (Fsp3) is 0.550. The molecule has 2 fully saturated rings. The largest absolute Gasteiger partial charge is 0.343 e. The highest BCUT2D eigenvalue weighted by molar-refractivity contribution is 8.24. The highest BCUT2D eigenvalue weighted by Gasteiger charge is 2.50. The smallest absolute Gasteiger partial charge is 0.333 e. The van der Waals surface area contributed by atoms with Crippen LogP contribution >= 0.6 is 24.0 Å². The second-order valence-electron chi connectivity index (χ2n) is 7.97. The molecule has 2 aliphatic rings. The van der Waals surface area contributed by atoms with Crippen LogP contribution in [0.1, 0.15) is 57.1 Å². The fourth-order valence-electron chi connectivity index (χ4n) is 3.61. The summed E-state index contributed by atoms with van der Waals surface area (Å²) in [5, 5.41) is 20.5. The Hall–Kier alpha value is -1.64. The lowest BCUT2D eigenvalue weighted by Crippen LogP contribution is -2.57. The van der Waals surface area contributed by atoms with Crippen molar-refractivity contribution in [1.29, 1.82) is 0 Å². The highest BCUT2D eigenvalue weighted by Crippen LogP contribution is 2.42. The number of carbonyl (C=O) groups is 1. The van der Waals surface area contributed by atoms with Gasteiger partial charge in [0, 0.05) is 6.04 Å². The molecular formula is C20H28N4O2S2. The van der Waals surface area contributed by atoms with Gasteiger partial charge in [-0.1, -0.05) is 73.1 Å². The summed E-state index contributed by atoms with van der Waals surface area (Å²) in [4.78, 5) is 12.7. The number of urea groups is 1. The van der Waals surface area contributed by atoms with Gasteiger partial charge in [0.15, 0.2) is 10.5 Å². The third kappa shape index (κ3) is 4.85. The molecule has 1 saturated carbocycles. The molecule has 1 atom stereocenters. The molecule has 2 N–H and O–H groups in total. The molecule has 2 amide bonds. The summed E-state index contributed by atoms with van der Waals surface area (Å²) < 4.78 is 0.0308. The average Bonchev–Trinajstić information content (AvgIpc) is 2.89. The monoisotopic (exact) mass is 420 g/mol. The van der Waals surface area contributed by atoms with Crippen LogP contribution in [0, 0.1) is 6.92 Å². The summed E-state index contributed by atoms with van der Waals surface area (Å²) in [5.41, 5.74) is 2.10. The zero-order valence-electron chi connectivity index (χ0n) is 16.6. The van der Waals surface area contributed by atoms with Crippen LogP contribution in [-0.2, 0) is 0 Å². The van der Waals surface area contributed by atoms with Crippen molar-refractivity contribution >= 4 is 40.5 Å². The zero-order chi connectivity index (χ0) is 20.3. The topological polar surface area (TPSA) is 68.2 Å². The predicted octanol–water partition coefficient (Wildman–Crippen LogP) is 4.50. The number of hydrogen-bond donors (Lipinski definition) is 2. The van der Waals surface area contributed by atoms with Gasteiger partial charge in [0.1, 0.15) is 0 Å². The summed E-state index contributed by atoms with van der Waals surface area (Å²) in [6, 6.07) is 7.58. The molecule has 0 bridgehead atoms. The number of aryl methyl sites for hydroxylation is 1.